The number of piperidine rings is 1. The molecule has 1 aromatic carbocycles. The van der Waals surface area contributed by atoms with Gasteiger partial charge in [-0.05, 0) is 23.9 Å². The second kappa shape index (κ2) is 9.12. The van der Waals surface area contributed by atoms with E-state index in [4.69, 9.17) is 20.6 Å². The highest BCUT2D eigenvalue weighted by molar-refractivity contribution is 7.99. The molecule has 1 fully saturated rings. The van der Waals surface area contributed by atoms with E-state index in [0.29, 0.717) is 53.5 Å². The van der Waals surface area contributed by atoms with E-state index >= 15 is 0 Å². The second-order valence-electron chi connectivity index (χ2n) is 8.97. The lowest BCUT2D eigenvalue weighted by atomic mass is 9.83. The van der Waals surface area contributed by atoms with Gasteiger partial charge < -0.3 is 25.5 Å². The molecule has 0 unspecified atom stereocenters. The summed E-state index contributed by atoms with van der Waals surface area (Å²) in [5, 5.41) is 0.953. The van der Waals surface area contributed by atoms with Gasteiger partial charge in [0.2, 0.25) is 5.82 Å². The first-order valence-corrected chi connectivity index (χ1v) is 12.6. The van der Waals surface area contributed by atoms with Gasteiger partial charge in [-0.15, -0.1) is 0 Å². The Balaban J connectivity index is 1.24. The zero-order valence-corrected chi connectivity index (χ0v) is 20.8. The average Bonchev–Trinajstić information content (AvgIpc) is 3.53. The number of nitrogen functional groups attached to an aromatic ring is 1. The maximum Gasteiger partial charge on any atom is 0.264 e. The number of nitrogens with two attached hydrogens (primary N) is 2. The second-order valence-corrected chi connectivity index (χ2v) is 9.98. The number of benzene rings is 1. The molecule has 0 saturated carbocycles. The summed E-state index contributed by atoms with van der Waals surface area (Å²) in [6.45, 7) is 2.68. The SMILES string of the molecule is CC(=O)c1nc(Sc2ccnc(-c3ncco3)n2)c(N)nc1N1CCC2(CC1)Oc1ccccc1[C@H]2N. The minimum atomic E-state index is -0.473. The molecule has 0 aliphatic carbocycles. The van der Waals surface area contributed by atoms with Gasteiger partial charge in [-0.25, -0.2) is 24.9 Å². The third-order valence-electron chi connectivity index (χ3n) is 6.70. The first-order valence-electron chi connectivity index (χ1n) is 11.8. The number of fused-ring (bicyclic) bond motifs is 1. The minimum absolute atomic E-state index is 0.200. The molecule has 11 nitrogen and oxygen atoms in total. The number of nitrogens with zero attached hydrogens (tertiary/aromatic N) is 6. The van der Waals surface area contributed by atoms with Crippen LogP contribution in [0.15, 0.2) is 63.5 Å². The molecule has 4 aromatic rings. The van der Waals surface area contributed by atoms with Crippen LogP contribution in [-0.4, -0.2) is 49.4 Å². The molecule has 3 aromatic heterocycles. The largest absolute Gasteiger partial charge is 0.485 e. The number of ketones is 1. The number of para-hydroxylation sites is 1. The van der Waals surface area contributed by atoms with E-state index in [-0.39, 0.29) is 23.3 Å². The van der Waals surface area contributed by atoms with Crippen molar-refractivity contribution in [2.24, 2.45) is 5.73 Å². The molecule has 0 radical (unpaired) electrons. The molecule has 5 heterocycles. The number of aromatic nitrogens is 5. The molecule has 12 heteroatoms. The fourth-order valence-corrected chi connectivity index (χ4v) is 5.54. The summed E-state index contributed by atoms with van der Waals surface area (Å²) in [6, 6.07) is 9.41. The van der Waals surface area contributed by atoms with Gasteiger partial charge in [0.05, 0.1) is 12.2 Å². The van der Waals surface area contributed by atoms with E-state index in [9.17, 15) is 4.79 Å². The lowest BCUT2D eigenvalue weighted by molar-refractivity contribution is 0.0430. The van der Waals surface area contributed by atoms with Crippen LogP contribution in [0.2, 0.25) is 0 Å². The number of oxazole rings is 1. The molecule has 1 saturated heterocycles. The van der Waals surface area contributed by atoms with Crippen LogP contribution in [0.1, 0.15) is 41.9 Å². The summed E-state index contributed by atoms with van der Waals surface area (Å²) in [4.78, 5) is 36.6. The van der Waals surface area contributed by atoms with Crippen molar-refractivity contribution in [3.63, 3.8) is 0 Å². The van der Waals surface area contributed by atoms with E-state index in [1.54, 1.807) is 12.3 Å². The predicted molar refractivity (Wildman–Crippen MR) is 136 cm³/mol. The van der Waals surface area contributed by atoms with E-state index in [1.807, 2.05) is 29.2 Å². The normalized spacial score (nSPS) is 18.0. The lowest BCUT2D eigenvalue weighted by Gasteiger charge is -2.41. The number of carbonyl (C=O) groups is 1. The quantitative estimate of drug-likeness (QED) is 0.295. The van der Waals surface area contributed by atoms with Crippen molar-refractivity contribution in [3.8, 4) is 17.5 Å². The maximum absolute atomic E-state index is 12.6. The van der Waals surface area contributed by atoms with Crippen LogP contribution in [0.25, 0.3) is 11.7 Å². The molecular formula is C25H24N8O3S. The minimum Gasteiger partial charge on any atom is -0.485 e. The van der Waals surface area contributed by atoms with E-state index < -0.39 is 5.60 Å². The number of carbonyl (C=O) groups excluding carboxylic acids is 1. The number of hydrogen-bond donors (Lipinski definition) is 2. The zero-order valence-electron chi connectivity index (χ0n) is 20.0. The Kier molecular flexibility index (Phi) is 5.76. The van der Waals surface area contributed by atoms with Crippen molar-refractivity contribution < 1.29 is 13.9 Å². The van der Waals surface area contributed by atoms with Crippen LogP contribution in [0.3, 0.4) is 0 Å². The average molecular weight is 517 g/mol. The molecular weight excluding hydrogens is 492 g/mol. The standard InChI is InChI=1S/C25H24N8O3S/c1-14(34)18-22(33-11-7-25(8-12-33)19(26)15-4-2-3-5-16(15)36-25)32-20(27)24(31-18)37-17-6-9-28-21(30-17)23-29-10-13-35-23/h2-6,9-10,13,19H,7-8,11-12,26H2,1H3,(H2,27,32)/t19-/m1/s1. The van der Waals surface area contributed by atoms with Crippen molar-refractivity contribution in [3.05, 3.63) is 60.2 Å². The van der Waals surface area contributed by atoms with Crippen molar-refractivity contribution in [2.45, 2.75) is 41.5 Å². The van der Waals surface area contributed by atoms with Crippen LogP contribution in [0.4, 0.5) is 11.6 Å². The highest BCUT2D eigenvalue weighted by Crippen LogP contribution is 2.47. The Hall–Kier alpha value is -4.03. The molecule has 2 aliphatic rings. The van der Waals surface area contributed by atoms with Gasteiger partial charge in [0.25, 0.3) is 5.89 Å². The third-order valence-corrected chi connectivity index (χ3v) is 7.63. The highest BCUT2D eigenvalue weighted by atomic mass is 32.2. The van der Waals surface area contributed by atoms with Gasteiger partial charge in [0.1, 0.15) is 33.4 Å². The van der Waals surface area contributed by atoms with E-state index in [2.05, 4.69) is 24.9 Å². The Morgan fingerprint density at radius 3 is 2.65 bits per heavy atom. The smallest absolute Gasteiger partial charge is 0.264 e. The predicted octanol–water partition coefficient (Wildman–Crippen LogP) is 3.29. The van der Waals surface area contributed by atoms with E-state index in [0.717, 1.165) is 11.3 Å². The highest BCUT2D eigenvalue weighted by Gasteiger charge is 2.48. The summed E-state index contributed by atoms with van der Waals surface area (Å²) in [6.07, 6.45) is 5.93. The van der Waals surface area contributed by atoms with Crippen molar-refractivity contribution in [1.82, 2.24) is 24.9 Å². The molecule has 2 aliphatic heterocycles. The lowest BCUT2D eigenvalue weighted by Crippen LogP contribution is -2.52. The first-order chi connectivity index (χ1) is 17.9. The summed E-state index contributed by atoms with van der Waals surface area (Å²) < 4.78 is 11.6. The first kappa shape index (κ1) is 23.4. The number of ether oxygens (including phenoxy) is 1. The van der Waals surface area contributed by atoms with Crippen LogP contribution >= 0.6 is 11.8 Å². The summed E-state index contributed by atoms with van der Waals surface area (Å²) in [7, 11) is 0. The Labute approximate surface area is 216 Å². The fraction of sp³-hybridized carbons (Fsp3) is 0.280. The molecule has 6 rings (SSSR count). The Morgan fingerprint density at radius 2 is 1.92 bits per heavy atom. The zero-order chi connectivity index (χ0) is 25.6. The number of hydrogen-bond acceptors (Lipinski definition) is 12. The van der Waals surface area contributed by atoms with Gasteiger partial charge in [-0.2, -0.15) is 0 Å². The monoisotopic (exact) mass is 516 g/mol. The molecule has 1 spiro atoms. The number of anilines is 2. The Bertz CT molecular complexity index is 1470. The van der Waals surface area contributed by atoms with Crippen LogP contribution in [0.5, 0.6) is 5.75 Å². The van der Waals surface area contributed by atoms with Crippen LogP contribution in [-0.2, 0) is 0 Å². The maximum atomic E-state index is 12.6. The molecule has 188 valence electrons. The third kappa shape index (κ3) is 4.17. The molecule has 37 heavy (non-hydrogen) atoms. The molecule has 0 bridgehead atoms. The topological polar surface area (TPSA) is 159 Å². The van der Waals surface area contributed by atoms with Gasteiger partial charge in [0.15, 0.2) is 17.4 Å². The van der Waals surface area contributed by atoms with Crippen LogP contribution in [0, 0.1) is 0 Å². The Morgan fingerprint density at radius 1 is 1.11 bits per heavy atom. The van der Waals surface area contributed by atoms with Gasteiger partial charge in [-0.1, -0.05) is 18.2 Å². The molecule has 4 N–H and O–H groups in total. The summed E-state index contributed by atoms with van der Waals surface area (Å²) in [5.41, 5.74) is 13.7. The van der Waals surface area contributed by atoms with Crippen LogP contribution < -0.4 is 21.1 Å². The van der Waals surface area contributed by atoms with E-state index in [1.165, 1.54) is 31.1 Å². The summed E-state index contributed by atoms with van der Waals surface area (Å²) in [5.74, 6) is 1.96. The van der Waals surface area contributed by atoms with Crippen molar-refractivity contribution >= 4 is 29.2 Å². The molecule has 0 amide bonds. The fourth-order valence-electron chi connectivity index (χ4n) is 4.80. The van der Waals surface area contributed by atoms with Gasteiger partial charge >= 0.3 is 0 Å². The van der Waals surface area contributed by atoms with Gasteiger partial charge in [0, 0.05) is 44.6 Å². The van der Waals surface area contributed by atoms with Crippen molar-refractivity contribution in [1.29, 1.82) is 0 Å². The molecule has 1 atom stereocenters. The van der Waals surface area contributed by atoms with Gasteiger partial charge in [-0.3, -0.25) is 4.79 Å². The number of Topliss-reactive ketones (excluding diaryl/α,β-unsaturated/α-hetero) is 1. The van der Waals surface area contributed by atoms with Crippen molar-refractivity contribution in [2.75, 3.05) is 23.7 Å². The summed E-state index contributed by atoms with van der Waals surface area (Å²) >= 11 is 1.19. The number of rotatable bonds is 5.